The number of hydrogen-bond donors (Lipinski definition) is 1. The van der Waals surface area contributed by atoms with Crippen molar-refractivity contribution in [1.29, 1.82) is 0 Å². The third-order valence-electron chi connectivity index (χ3n) is 4.86. The standard InChI is InChI=1S/C20H34N4O/c1-6-21-20(23(5)14-19-10-8-7-9-16(19)2)22-13-17(3)24-11-12-25-15-18(24)4/h7-10,17-18H,6,11-15H2,1-5H3,(H,21,22). The van der Waals surface area contributed by atoms with E-state index in [0.717, 1.165) is 45.4 Å². The van der Waals surface area contributed by atoms with Gasteiger partial charge in [0.25, 0.3) is 0 Å². The fraction of sp³-hybridized carbons (Fsp3) is 0.650. The Morgan fingerprint density at radius 1 is 1.44 bits per heavy atom. The highest BCUT2D eigenvalue weighted by atomic mass is 16.5. The van der Waals surface area contributed by atoms with Crippen LogP contribution < -0.4 is 5.32 Å². The van der Waals surface area contributed by atoms with E-state index in [0.29, 0.717) is 12.1 Å². The minimum absolute atomic E-state index is 0.416. The summed E-state index contributed by atoms with van der Waals surface area (Å²) >= 11 is 0. The first-order valence-electron chi connectivity index (χ1n) is 9.40. The number of aryl methyl sites for hydroxylation is 1. The SMILES string of the molecule is CCNC(=NCC(C)N1CCOCC1C)N(C)Cc1ccccc1C. The minimum atomic E-state index is 0.416. The van der Waals surface area contributed by atoms with Crippen LogP contribution in [0.4, 0.5) is 0 Å². The first-order valence-corrected chi connectivity index (χ1v) is 9.40. The molecule has 0 bridgehead atoms. The molecule has 0 amide bonds. The molecule has 0 aromatic heterocycles. The van der Waals surface area contributed by atoms with E-state index in [1.807, 2.05) is 0 Å². The Balaban J connectivity index is 2.00. The molecule has 0 spiro atoms. The molecule has 0 aliphatic carbocycles. The molecule has 1 aromatic carbocycles. The molecule has 5 heteroatoms. The smallest absolute Gasteiger partial charge is 0.194 e. The van der Waals surface area contributed by atoms with Crippen molar-refractivity contribution in [2.75, 3.05) is 39.9 Å². The van der Waals surface area contributed by atoms with E-state index in [9.17, 15) is 0 Å². The van der Waals surface area contributed by atoms with Crippen molar-refractivity contribution in [1.82, 2.24) is 15.1 Å². The summed E-state index contributed by atoms with van der Waals surface area (Å²) in [5, 5.41) is 3.42. The van der Waals surface area contributed by atoms with Gasteiger partial charge in [-0.25, -0.2) is 0 Å². The summed E-state index contributed by atoms with van der Waals surface area (Å²) in [6, 6.07) is 9.42. The van der Waals surface area contributed by atoms with Gasteiger partial charge < -0.3 is 15.0 Å². The van der Waals surface area contributed by atoms with E-state index in [1.54, 1.807) is 0 Å². The molecule has 2 unspecified atom stereocenters. The Hall–Kier alpha value is -1.59. The molecule has 2 rings (SSSR count). The maximum Gasteiger partial charge on any atom is 0.194 e. The fourth-order valence-electron chi connectivity index (χ4n) is 3.31. The van der Waals surface area contributed by atoms with Gasteiger partial charge in [0.15, 0.2) is 5.96 Å². The zero-order valence-corrected chi connectivity index (χ0v) is 16.5. The number of hydrogen-bond acceptors (Lipinski definition) is 3. The second-order valence-corrected chi connectivity index (χ2v) is 6.99. The van der Waals surface area contributed by atoms with Crippen LogP contribution in [0.5, 0.6) is 0 Å². The first kappa shape index (κ1) is 19.7. The van der Waals surface area contributed by atoms with E-state index >= 15 is 0 Å². The van der Waals surface area contributed by atoms with Crippen LogP contribution in [0.2, 0.25) is 0 Å². The van der Waals surface area contributed by atoms with Crippen LogP contribution in [0.15, 0.2) is 29.3 Å². The fourth-order valence-corrected chi connectivity index (χ4v) is 3.31. The van der Waals surface area contributed by atoms with Crippen LogP contribution in [-0.4, -0.2) is 67.7 Å². The summed E-state index contributed by atoms with van der Waals surface area (Å²) in [5.74, 6) is 0.971. The average molecular weight is 347 g/mol. The average Bonchev–Trinajstić information content (AvgIpc) is 2.60. The van der Waals surface area contributed by atoms with Crippen molar-refractivity contribution < 1.29 is 4.74 Å². The van der Waals surface area contributed by atoms with Crippen LogP contribution in [0.25, 0.3) is 0 Å². The summed E-state index contributed by atoms with van der Waals surface area (Å²) in [6.07, 6.45) is 0. The lowest BCUT2D eigenvalue weighted by atomic mass is 10.1. The molecule has 1 heterocycles. The van der Waals surface area contributed by atoms with Crippen LogP contribution in [0, 0.1) is 6.92 Å². The molecule has 25 heavy (non-hydrogen) atoms. The lowest BCUT2D eigenvalue weighted by molar-refractivity contribution is -0.0166. The van der Waals surface area contributed by atoms with Gasteiger partial charge in [-0.05, 0) is 38.8 Å². The van der Waals surface area contributed by atoms with Crippen molar-refractivity contribution in [2.45, 2.75) is 46.3 Å². The summed E-state index contributed by atoms with van der Waals surface area (Å²) in [6.45, 7) is 13.9. The van der Waals surface area contributed by atoms with E-state index in [-0.39, 0.29) is 0 Å². The van der Waals surface area contributed by atoms with Crippen molar-refractivity contribution in [2.24, 2.45) is 4.99 Å². The Bertz CT molecular complexity index is 560. The van der Waals surface area contributed by atoms with Gasteiger partial charge in [-0.1, -0.05) is 24.3 Å². The van der Waals surface area contributed by atoms with E-state index < -0.39 is 0 Å². The largest absolute Gasteiger partial charge is 0.379 e. The van der Waals surface area contributed by atoms with Gasteiger partial charge >= 0.3 is 0 Å². The second-order valence-electron chi connectivity index (χ2n) is 6.99. The molecule has 1 aliphatic rings. The molecule has 5 nitrogen and oxygen atoms in total. The van der Waals surface area contributed by atoms with Gasteiger partial charge in [0, 0.05) is 38.8 Å². The molecular formula is C20H34N4O. The molecule has 0 saturated carbocycles. The normalized spacial score (nSPS) is 20.4. The van der Waals surface area contributed by atoms with Crippen LogP contribution >= 0.6 is 0 Å². The highest BCUT2D eigenvalue weighted by molar-refractivity contribution is 5.79. The molecule has 1 aliphatic heterocycles. The highest BCUT2D eigenvalue weighted by Crippen LogP contribution is 2.12. The van der Waals surface area contributed by atoms with Gasteiger partial charge in [-0.3, -0.25) is 9.89 Å². The van der Waals surface area contributed by atoms with Crippen LogP contribution in [-0.2, 0) is 11.3 Å². The number of aliphatic imine (C=N–C) groups is 1. The van der Waals surface area contributed by atoms with Gasteiger partial charge in [0.1, 0.15) is 0 Å². The van der Waals surface area contributed by atoms with Crippen LogP contribution in [0.3, 0.4) is 0 Å². The summed E-state index contributed by atoms with van der Waals surface area (Å²) in [5.41, 5.74) is 2.66. The lowest BCUT2D eigenvalue weighted by Gasteiger charge is -2.37. The molecule has 1 saturated heterocycles. The van der Waals surface area contributed by atoms with Gasteiger partial charge in [-0.15, -0.1) is 0 Å². The summed E-state index contributed by atoms with van der Waals surface area (Å²) in [4.78, 5) is 9.61. The van der Waals surface area contributed by atoms with Crippen LogP contribution in [0.1, 0.15) is 31.9 Å². The van der Waals surface area contributed by atoms with Crippen molar-refractivity contribution in [3.63, 3.8) is 0 Å². The maximum absolute atomic E-state index is 5.54. The summed E-state index contributed by atoms with van der Waals surface area (Å²) < 4.78 is 5.54. The molecule has 1 aromatic rings. The Kier molecular flexibility index (Phi) is 7.72. The third kappa shape index (κ3) is 5.72. The number of nitrogens with one attached hydrogen (secondary N) is 1. The zero-order valence-electron chi connectivity index (χ0n) is 16.5. The van der Waals surface area contributed by atoms with Gasteiger partial charge in [-0.2, -0.15) is 0 Å². The minimum Gasteiger partial charge on any atom is -0.379 e. The van der Waals surface area contributed by atoms with Gasteiger partial charge in [0.05, 0.1) is 19.8 Å². The van der Waals surface area contributed by atoms with E-state index in [4.69, 9.17) is 9.73 Å². The van der Waals surface area contributed by atoms with E-state index in [1.165, 1.54) is 11.1 Å². The number of nitrogens with zero attached hydrogens (tertiary/aromatic N) is 3. The number of guanidine groups is 1. The number of morpholine rings is 1. The zero-order chi connectivity index (χ0) is 18.2. The maximum atomic E-state index is 5.54. The highest BCUT2D eigenvalue weighted by Gasteiger charge is 2.23. The predicted octanol–water partition coefficient (Wildman–Crippen LogP) is 2.50. The first-order chi connectivity index (χ1) is 12.0. The molecule has 0 radical (unpaired) electrons. The van der Waals surface area contributed by atoms with Gasteiger partial charge in [0.2, 0.25) is 0 Å². The van der Waals surface area contributed by atoms with Crippen molar-refractivity contribution >= 4 is 5.96 Å². The molecule has 1 N–H and O–H groups in total. The molecular weight excluding hydrogens is 312 g/mol. The second kappa shape index (κ2) is 9.78. The molecule has 1 fully saturated rings. The predicted molar refractivity (Wildman–Crippen MR) is 105 cm³/mol. The third-order valence-corrected chi connectivity index (χ3v) is 4.86. The summed E-state index contributed by atoms with van der Waals surface area (Å²) in [7, 11) is 2.11. The monoisotopic (exact) mass is 346 g/mol. The molecule has 140 valence electrons. The lowest BCUT2D eigenvalue weighted by Crippen LogP contribution is -2.49. The van der Waals surface area contributed by atoms with Crippen molar-refractivity contribution in [3.05, 3.63) is 35.4 Å². The Morgan fingerprint density at radius 3 is 2.88 bits per heavy atom. The Labute approximate surface area is 153 Å². The Morgan fingerprint density at radius 2 is 2.20 bits per heavy atom. The molecule has 2 atom stereocenters. The number of rotatable bonds is 6. The topological polar surface area (TPSA) is 40.1 Å². The quantitative estimate of drug-likeness (QED) is 0.635. The van der Waals surface area contributed by atoms with Crippen molar-refractivity contribution in [3.8, 4) is 0 Å². The van der Waals surface area contributed by atoms with E-state index in [2.05, 4.69) is 74.1 Å². The number of ether oxygens (including phenoxy) is 1. The number of benzene rings is 1.